The van der Waals surface area contributed by atoms with Gasteiger partial charge in [0.05, 0.1) is 18.0 Å². The third kappa shape index (κ3) is 3.70. The molecule has 6 nitrogen and oxygen atoms in total. The summed E-state index contributed by atoms with van der Waals surface area (Å²) < 4.78 is 59.8. The van der Waals surface area contributed by atoms with E-state index < -0.39 is 18.1 Å². The number of halogens is 4. The molecule has 0 radical (unpaired) electrons. The van der Waals surface area contributed by atoms with Crippen LogP contribution in [0.15, 0.2) is 65.4 Å². The van der Waals surface area contributed by atoms with Gasteiger partial charge in [0.25, 0.3) is 6.43 Å². The molecule has 0 aliphatic carbocycles. The van der Waals surface area contributed by atoms with Crippen LogP contribution in [-0.4, -0.2) is 24.9 Å². The zero-order valence-corrected chi connectivity index (χ0v) is 16.2. The first-order chi connectivity index (χ1) is 15.5. The van der Waals surface area contributed by atoms with Crippen molar-refractivity contribution in [1.82, 2.24) is 24.9 Å². The quantitative estimate of drug-likeness (QED) is 0.345. The maximum Gasteiger partial charge on any atom is 0.263 e. The van der Waals surface area contributed by atoms with E-state index in [9.17, 15) is 17.6 Å². The second kappa shape index (κ2) is 7.88. The van der Waals surface area contributed by atoms with Crippen LogP contribution < -0.4 is 0 Å². The number of alkyl halides is 2. The van der Waals surface area contributed by atoms with Gasteiger partial charge in [0.1, 0.15) is 23.6 Å². The van der Waals surface area contributed by atoms with E-state index in [0.29, 0.717) is 28.4 Å². The lowest BCUT2D eigenvalue weighted by Gasteiger charge is -2.03. The average Bonchev–Trinajstić information content (AvgIpc) is 3.42. The summed E-state index contributed by atoms with van der Waals surface area (Å²) >= 11 is 0. The molecule has 0 fully saturated rings. The molecular formula is C22H13F4N5O. The molecule has 160 valence electrons. The first-order valence-electron chi connectivity index (χ1n) is 9.46. The third-order valence-corrected chi connectivity index (χ3v) is 4.84. The van der Waals surface area contributed by atoms with Crippen LogP contribution in [0.1, 0.15) is 17.7 Å². The van der Waals surface area contributed by atoms with Crippen molar-refractivity contribution in [3.8, 4) is 34.0 Å². The highest BCUT2D eigenvalue weighted by Gasteiger charge is 2.18. The molecule has 0 unspecified atom stereocenters. The third-order valence-electron chi connectivity index (χ3n) is 4.84. The molecule has 10 heteroatoms. The Morgan fingerprint density at radius 2 is 1.72 bits per heavy atom. The van der Waals surface area contributed by atoms with E-state index in [2.05, 4.69) is 20.2 Å². The van der Waals surface area contributed by atoms with Gasteiger partial charge in [0.2, 0.25) is 0 Å². The maximum atomic E-state index is 14.1. The van der Waals surface area contributed by atoms with Crippen LogP contribution in [0.2, 0.25) is 0 Å². The number of rotatable bonds is 5. The molecule has 0 N–H and O–H groups in total. The summed E-state index contributed by atoms with van der Waals surface area (Å²) in [6.07, 6.45) is 0.526. The summed E-state index contributed by atoms with van der Waals surface area (Å²) in [4.78, 5) is 8.49. The lowest BCUT2D eigenvalue weighted by molar-refractivity contribution is 0.151. The zero-order chi connectivity index (χ0) is 22.2. The summed E-state index contributed by atoms with van der Waals surface area (Å²) in [5, 5.41) is 8.21. The number of benzene rings is 2. The monoisotopic (exact) mass is 439 g/mol. The van der Waals surface area contributed by atoms with Gasteiger partial charge in [-0.15, -0.1) is 0 Å². The van der Waals surface area contributed by atoms with Crippen molar-refractivity contribution in [2.45, 2.75) is 13.0 Å². The molecule has 0 saturated heterocycles. The molecule has 2 aromatic carbocycles. The maximum absolute atomic E-state index is 14.1. The van der Waals surface area contributed by atoms with Crippen molar-refractivity contribution in [3.05, 3.63) is 83.9 Å². The van der Waals surface area contributed by atoms with Gasteiger partial charge in [-0.3, -0.25) is 4.68 Å². The van der Waals surface area contributed by atoms with Gasteiger partial charge < -0.3 is 4.52 Å². The minimum atomic E-state index is -2.54. The highest BCUT2D eigenvalue weighted by molar-refractivity contribution is 5.65. The molecule has 0 amide bonds. The lowest BCUT2D eigenvalue weighted by atomic mass is 10.1. The summed E-state index contributed by atoms with van der Waals surface area (Å²) in [7, 11) is 0. The van der Waals surface area contributed by atoms with Crippen LogP contribution in [-0.2, 0) is 6.54 Å². The van der Waals surface area contributed by atoms with Crippen molar-refractivity contribution in [2.24, 2.45) is 0 Å². The minimum absolute atomic E-state index is 0.0366. The summed E-state index contributed by atoms with van der Waals surface area (Å²) in [5.74, 6) is -1.45. The van der Waals surface area contributed by atoms with Gasteiger partial charge in [0, 0.05) is 17.2 Å². The molecule has 0 spiro atoms. The normalized spacial score (nSPS) is 11.5. The van der Waals surface area contributed by atoms with Gasteiger partial charge in [-0.1, -0.05) is 35.5 Å². The molecule has 0 atom stereocenters. The van der Waals surface area contributed by atoms with Crippen molar-refractivity contribution in [3.63, 3.8) is 0 Å². The Kier molecular flexibility index (Phi) is 4.89. The first-order valence-corrected chi connectivity index (χ1v) is 9.46. The smallest absolute Gasteiger partial charge is 0.263 e. The van der Waals surface area contributed by atoms with E-state index in [1.54, 1.807) is 24.4 Å². The molecular weight excluding hydrogens is 426 g/mol. The number of hydrogen-bond donors (Lipinski definition) is 0. The predicted octanol–water partition coefficient (Wildman–Crippen LogP) is 5.36. The largest absolute Gasteiger partial charge is 0.359 e. The van der Waals surface area contributed by atoms with Crippen LogP contribution in [0.3, 0.4) is 0 Å². The average molecular weight is 439 g/mol. The SMILES string of the molecule is Fc1cccc(-c2nc3cnn(Cc4cc(-c5ccc(C(F)F)cc5)no4)cc-3n2)c1F. The van der Waals surface area contributed by atoms with Crippen molar-refractivity contribution in [2.75, 3.05) is 0 Å². The number of hydrogen-bond acceptors (Lipinski definition) is 5. The molecule has 0 bridgehead atoms. The molecule has 5 rings (SSSR count). The van der Waals surface area contributed by atoms with E-state index >= 15 is 0 Å². The van der Waals surface area contributed by atoms with Crippen LogP contribution in [0.5, 0.6) is 0 Å². The van der Waals surface area contributed by atoms with Crippen LogP contribution in [0.4, 0.5) is 17.6 Å². The fourth-order valence-corrected chi connectivity index (χ4v) is 3.23. The Bertz CT molecular complexity index is 1360. The van der Waals surface area contributed by atoms with Gasteiger partial charge in [-0.05, 0) is 12.1 Å². The highest BCUT2D eigenvalue weighted by Crippen LogP contribution is 2.28. The molecule has 3 heterocycles. The Morgan fingerprint density at radius 3 is 2.50 bits per heavy atom. The summed E-state index contributed by atoms with van der Waals surface area (Å²) in [5.41, 5.74) is 1.91. The van der Waals surface area contributed by atoms with E-state index in [0.717, 1.165) is 6.07 Å². The Morgan fingerprint density at radius 1 is 0.938 bits per heavy atom. The van der Waals surface area contributed by atoms with Crippen molar-refractivity contribution < 1.29 is 22.1 Å². The Labute approximate surface area is 178 Å². The second-order valence-corrected chi connectivity index (χ2v) is 6.99. The number of imidazole rings is 1. The van der Waals surface area contributed by atoms with E-state index in [4.69, 9.17) is 4.52 Å². The van der Waals surface area contributed by atoms with Crippen LogP contribution in [0.25, 0.3) is 34.0 Å². The molecule has 1 aromatic heterocycles. The van der Waals surface area contributed by atoms with Gasteiger partial charge in [0.15, 0.2) is 23.2 Å². The van der Waals surface area contributed by atoms with Gasteiger partial charge >= 0.3 is 0 Å². The first kappa shape index (κ1) is 19.9. The number of fused-ring (bicyclic) bond motifs is 1. The van der Waals surface area contributed by atoms with Gasteiger partial charge in [-0.25, -0.2) is 27.5 Å². The molecule has 2 aliphatic heterocycles. The molecule has 3 aromatic rings. The lowest BCUT2D eigenvalue weighted by Crippen LogP contribution is -2.04. The van der Waals surface area contributed by atoms with Crippen LogP contribution >= 0.6 is 0 Å². The summed E-state index contributed by atoms with van der Waals surface area (Å²) in [6, 6.07) is 11.3. The van der Waals surface area contributed by atoms with Crippen molar-refractivity contribution >= 4 is 0 Å². The number of nitrogens with zero attached hydrogens (tertiary/aromatic N) is 5. The minimum Gasteiger partial charge on any atom is -0.359 e. The Hall–Kier alpha value is -4.08. The predicted molar refractivity (Wildman–Crippen MR) is 106 cm³/mol. The van der Waals surface area contributed by atoms with Gasteiger partial charge in [-0.2, -0.15) is 5.10 Å². The Balaban J connectivity index is 1.38. The van der Waals surface area contributed by atoms with Crippen LogP contribution in [0, 0.1) is 11.6 Å². The fourth-order valence-electron chi connectivity index (χ4n) is 3.23. The van der Waals surface area contributed by atoms with E-state index in [-0.39, 0.29) is 23.5 Å². The number of aromatic nitrogens is 5. The van der Waals surface area contributed by atoms with E-state index in [1.807, 2.05) is 0 Å². The van der Waals surface area contributed by atoms with E-state index in [1.165, 1.54) is 35.1 Å². The standard InChI is InChI=1S/C22H13F4N5O/c23-16-3-1-2-15(20(16)24)22-28-18-9-27-31(11-19(18)29-22)10-14-8-17(30-32-14)12-4-6-13(7-5-12)21(25)26/h1-9,11,21H,10H2. The van der Waals surface area contributed by atoms with Crippen molar-refractivity contribution in [1.29, 1.82) is 0 Å². The zero-order valence-electron chi connectivity index (χ0n) is 16.2. The highest BCUT2D eigenvalue weighted by atomic mass is 19.3. The molecule has 0 saturated carbocycles. The second-order valence-electron chi connectivity index (χ2n) is 6.99. The summed E-state index contributed by atoms with van der Waals surface area (Å²) in [6.45, 7) is 0.217. The molecule has 32 heavy (non-hydrogen) atoms. The topological polar surface area (TPSA) is 69.6 Å². The fraction of sp³-hybridized carbons (Fsp3) is 0.0909. The molecule has 2 aliphatic rings.